The van der Waals surface area contributed by atoms with E-state index in [-0.39, 0.29) is 0 Å². The minimum absolute atomic E-state index is 0.682. The molecular weight excluding hydrogens is 782 g/mol. The summed E-state index contributed by atoms with van der Waals surface area (Å²) in [5, 5.41) is 2.73. The zero-order chi connectivity index (χ0) is 36.4. The van der Waals surface area contributed by atoms with E-state index in [4.69, 9.17) is 46.4 Å². The van der Waals surface area contributed by atoms with Crippen molar-refractivity contribution in [3.8, 4) is 0 Å². The molecule has 0 unspecified atom stereocenters. The fraction of sp³-hybridized carbons (Fsp3) is 0. The van der Waals surface area contributed by atoms with Gasteiger partial charge in [0.05, 0.1) is 22.8 Å². The van der Waals surface area contributed by atoms with E-state index >= 15 is 0 Å². The second kappa shape index (κ2) is 15.3. The molecule has 2 aliphatic rings. The Balaban J connectivity index is 0.000000153. The number of halogens is 4. The van der Waals surface area contributed by atoms with E-state index < -0.39 is 12.8 Å². The second-order valence-electron chi connectivity index (χ2n) is 12.1. The molecule has 9 heteroatoms. The Morgan fingerprint density at radius 1 is 0.340 bits per heavy atom. The van der Waals surface area contributed by atoms with Gasteiger partial charge >= 0.3 is 194 Å². The van der Waals surface area contributed by atoms with Crippen molar-refractivity contribution in [1.29, 1.82) is 0 Å². The Morgan fingerprint density at radius 3 is 0.849 bits per heavy atom. The maximum absolute atomic E-state index is 6.45. The molecule has 0 fully saturated rings. The van der Waals surface area contributed by atoms with Gasteiger partial charge in [-0.05, 0) is 72.8 Å². The van der Waals surface area contributed by atoms with E-state index in [9.17, 15) is 0 Å². The van der Waals surface area contributed by atoms with Crippen LogP contribution in [0.25, 0.3) is 46.4 Å². The summed E-state index contributed by atoms with van der Waals surface area (Å²) in [6, 6.07) is 48.4. The number of nitrogens with zero attached hydrogens (tertiary/aromatic N) is 2. The van der Waals surface area contributed by atoms with Crippen molar-refractivity contribution in [2.45, 2.75) is 0 Å². The molecule has 53 heavy (non-hydrogen) atoms. The third-order valence-electron chi connectivity index (χ3n) is 8.38. The van der Waals surface area contributed by atoms with Gasteiger partial charge in [0.2, 0.25) is 0 Å². The van der Waals surface area contributed by atoms with E-state index in [1.165, 1.54) is 0 Å². The van der Waals surface area contributed by atoms with Gasteiger partial charge in [0.15, 0.2) is 0 Å². The van der Waals surface area contributed by atoms with Gasteiger partial charge in [-0.2, -0.15) is 0 Å². The standard InChI is InChI=1S/C20H14N4.4C6H4Cl.Fe/c1-2-14-10-16-5-6-18(23-16)12-20-8-7-19(24-20)11-17-4-3-15(22-17)9-13(1)21-14;4*7-6-4-2-1-3-5-6;/h1-12,21,24H;4*1-2,4-5H;. The molecule has 5 heterocycles. The first-order valence-electron chi connectivity index (χ1n) is 16.6. The number of fused-ring (bicyclic) bond motifs is 8. The second-order valence-corrected chi connectivity index (χ2v) is 18.1. The summed E-state index contributed by atoms with van der Waals surface area (Å²) in [7, 11) is 0. The average molecular weight is 812 g/mol. The number of hydrogen-bond acceptors (Lipinski definition) is 2. The molecule has 0 amide bonds. The molecule has 2 N–H and O–H groups in total. The van der Waals surface area contributed by atoms with E-state index in [0.29, 0.717) is 20.1 Å². The van der Waals surface area contributed by atoms with Crippen molar-refractivity contribution in [3.05, 3.63) is 188 Å². The molecule has 4 aromatic carbocycles. The van der Waals surface area contributed by atoms with Crippen LogP contribution in [0.15, 0.2) is 146 Å². The maximum atomic E-state index is 6.45. The zero-order valence-electron chi connectivity index (χ0n) is 27.9. The Labute approximate surface area is 329 Å². The van der Waals surface area contributed by atoms with Crippen LogP contribution in [0.5, 0.6) is 0 Å². The summed E-state index contributed by atoms with van der Waals surface area (Å²) in [5.41, 5.74) is 7.86. The molecule has 0 spiro atoms. The van der Waals surface area contributed by atoms with Gasteiger partial charge in [0.25, 0.3) is 0 Å². The molecule has 8 bridgehead atoms. The topological polar surface area (TPSA) is 57.4 Å². The van der Waals surface area contributed by atoms with Crippen LogP contribution in [0.3, 0.4) is 0 Å². The molecule has 2 aliphatic heterocycles. The molecule has 9 rings (SSSR count). The number of rotatable bonds is 4. The predicted molar refractivity (Wildman–Crippen MR) is 223 cm³/mol. The van der Waals surface area contributed by atoms with Crippen molar-refractivity contribution in [3.63, 3.8) is 0 Å². The number of hydrogen-bond donors (Lipinski definition) is 2. The Kier molecular flexibility index (Phi) is 10.1. The molecule has 0 aliphatic carbocycles. The van der Waals surface area contributed by atoms with E-state index in [1.807, 2.05) is 121 Å². The van der Waals surface area contributed by atoms with Crippen molar-refractivity contribution >= 4 is 111 Å². The van der Waals surface area contributed by atoms with E-state index in [1.54, 1.807) is 0 Å². The summed E-state index contributed by atoms with van der Waals surface area (Å²) < 4.78 is 4.49. The van der Waals surface area contributed by atoms with Crippen molar-refractivity contribution < 1.29 is 12.8 Å². The Hall–Kier alpha value is -4.84. The molecule has 3 aromatic heterocycles. The summed E-state index contributed by atoms with van der Waals surface area (Å²) in [6.45, 7) is 0. The monoisotopic (exact) mass is 810 g/mol. The fourth-order valence-electron chi connectivity index (χ4n) is 6.13. The fourth-order valence-corrected chi connectivity index (χ4v) is 12.6. The molecule has 0 saturated carbocycles. The van der Waals surface area contributed by atoms with Crippen LogP contribution in [0.2, 0.25) is 20.1 Å². The molecule has 0 atom stereocenters. The number of benzene rings is 4. The SMILES string of the molecule is C1=Cc2cc3ccc(cc4nc(cc5ccc(cc1n2)[nH]5)C=C4)[nH]3.Clc1ccc[c]([Fe]([c]2cccc(Cl)c2)([c]2cccc(Cl)c2)[c]2cccc(Cl)c2)c1. The summed E-state index contributed by atoms with van der Waals surface area (Å²) in [6.07, 6.45) is 8.09. The molecular formula is C44H30Cl4FeN4. The van der Waals surface area contributed by atoms with Crippen molar-refractivity contribution in [1.82, 2.24) is 19.9 Å². The Morgan fingerprint density at radius 2 is 0.604 bits per heavy atom. The minimum atomic E-state index is -2.56. The predicted octanol–water partition coefficient (Wildman–Crippen LogP) is 10.7. The number of nitrogens with one attached hydrogen (secondary N) is 2. The van der Waals surface area contributed by atoms with Gasteiger partial charge in [-0.15, -0.1) is 0 Å². The average Bonchev–Trinajstić information content (AvgIpc) is 3.97. The van der Waals surface area contributed by atoms with Gasteiger partial charge in [-0.3, -0.25) is 0 Å². The molecule has 0 radical (unpaired) electrons. The van der Waals surface area contributed by atoms with Gasteiger partial charge in [0, 0.05) is 22.1 Å². The third-order valence-corrected chi connectivity index (χ3v) is 14.5. The van der Waals surface area contributed by atoms with Crippen LogP contribution in [-0.2, 0) is 12.8 Å². The molecule has 0 saturated heterocycles. The first-order valence-corrected chi connectivity index (χ1v) is 20.3. The van der Waals surface area contributed by atoms with Gasteiger partial charge in [0.1, 0.15) is 0 Å². The number of H-pyrrole nitrogens is 2. The van der Waals surface area contributed by atoms with Crippen LogP contribution in [-0.4, -0.2) is 19.9 Å². The van der Waals surface area contributed by atoms with Crippen LogP contribution >= 0.6 is 46.4 Å². The van der Waals surface area contributed by atoms with Crippen LogP contribution in [0, 0.1) is 0 Å². The summed E-state index contributed by atoms with van der Waals surface area (Å²) >= 11 is 23.2. The Bertz CT molecular complexity index is 2350. The molecule has 7 aromatic rings. The normalized spacial score (nSPS) is 12.3. The number of aromatic nitrogens is 4. The van der Waals surface area contributed by atoms with E-state index in [2.05, 4.69) is 68.5 Å². The zero-order valence-corrected chi connectivity index (χ0v) is 32.1. The van der Waals surface area contributed by atoms with Gasteiger partial charge < -0.3 is 9.97 Å². The molecule has 262 valence electrons. The molecule has 4 nitrogen and oxygen atoms in total. The summed E-state index contributed by atoms with van der Waals surface area (Å²) in [4.78, 5) is 16.0. The van der Waals surface area contributed by atoms with Crippen molar-refractivity contribution in [2.24, 2.45) is 0 Å². The number of aromatic amines is 2. The van der Waals surface area contributed by atoms with Crippen LogP contribution in [0.4, 0.5) is 0 Å². The van der Waals surface area contributed by atoms with Crippen LogP contribution in [0.1, 0.15) is 22.8 Å². The van der Waals surface area contributed by atoms with E-state index in [0.717, 1.165) is 62.7 Å². The quantitative estimate of drug-likeness (QED) is 0.174. The first kappa shape index (κ1) is 35.2. The first-order chi connectivity index (χ1) is 25.8. The van der Waals surface area contributed by atoms with Gasteiger partial charge in [-0.25, -0.2) is 9.97 Å². The van der Waals surface area contributed by atoms with Crippen LogP contribution < -0.4 is 17.8 Å². The third kappa shape index (κ3) is 7.78. The summed E-state index contributed by atoms with van der Waals surface area (Å²) in [5.74, 6) is 0. The van der Waals surface area contributed by atoms with Gasteiger partial charge in [-0.1, -0.05) is 0 Å². The van der Waals surface area contributed by atoms with Crippen molar-refractivity contribution in [2.75, 3.05) is 0 Å².